The van der Waals surface area contributed by atoms with E-state index in [9.17, 15) is 8.42 Å². The minimum atomic E-state index is -3.32. The molecule has 3 heterocycles. The Balaban J connectivity index is 1.57. The number of likely N-dealkylation sites (tertiary alicyclic amines) is 1. The van der Waals surface area contributed by atoms with E-state index in [0.717, 1.165) is 35.3 Å². The molecule has 11 heteroatoms. The Bertz CT molecular complexity index is 1160. The van der Waals surface area contributed by atoms with Gasteiger partial charge in [-0.2, -0.15) is 5.10 Å². The summed E-state index contributed by atoms with van der Waals surface area (Å²) in [4.78, 5) is 6.64. The van der Waals surface area contributed by atoms with Crippen molar-refractivity contribution in [1.82, 2.24) is 24.2 Å². The molecule has 31 heavy (non-hydrogen) atoms. The average Bonchev–Trinajstić information content (AvgIpc) is 3.13. The SMILES string of the molecule is COc1cccc(Nc2ncnn3ccc(CN4CC[C@@H](N)[C@@H](NS(C)(=O)=O)C4)c23)c1. The van der Waals surface area contributed by atoms with Crippen LogP contribution in [0.15, 0.2) is 42.9 Å². The lowest BCUT2D eigenvalue weighted by Gasteiger charge is -2.36. The van der Waals surface area contributed by atoms with Crippen LogP contribution < -0.4 is 20.5 Å². The van der Waals surface area contributed by atoms with Gasteiger partial charge in [-0.25, -0.2) is 22.6 Å². The number of piperidine rings is 1. The monoisotopic (exact) mass is 445 g/mol. The van der Waals surface area contributed by atoms with Crippen LogP contribution in [0.5, 0.6) is 5.75 Å². The maximum absolute atomic E-state index is 11.7. The first-order chi connectivity index (χ1) is 14.8. The number of nitrogens with one attached hydrogen (secondary N) is 2. The van der Waals surface area contributed by atoms with Gasteiger partial charge in [-0.3, -0.25) is 4.90 Å². The van der Waals surface area contributed by atoms with Crippen molar-refractivity contribution >= 4 is 27.0 Å². The molecule has 0 aliphatic carbocycles. The Labute approximate surface area is 181 Å². The van der Waals surface area contributed by atoms with Crippen molar-refractivity contribution in [2.45, 2.75) is 25.0 Å². The standard InChI is InChI=1S/C20H27N7O3S/c1-30-16-5-3-4-15(10-16)24-20-19-14(6-9-27(19)23-13-22-20)11-26-8-7-17(21)18(12-26)25-31(2,28)29/h3-6,9-10,13,17-18,25H,7-8,11-12,21H2,1-2H3,(H,22,23,24)/t17-,18+/m1/s1. The fourth-order valence-corrected chi connectivity index (χ4v) is 4.70. The number of aromatic nitrogens is 3. The molecule has 2 atom stereocenters. The number of fused-ring (bicyclic) bond motifs is 1. The second kappa shape index (κ2) is 8.79. The van der Waals surface area contributed by atoms with Crippen molar-refractivity contribution < 1.29 is 13.2 Å². The summed E-state index contributed by atoms with van der Waals surface area (Å²) in [5.74, 6) is 1.43. The molecule has 1 aromatic carbocycles. The van der Waals surface area contributed by atoms with E-state index < -0.39 is 10.0 Å². The van der Waals surface area contributed by atoms with E-state index >= 15 is 0 Å². The Morgan fingerprint density at radius 2 is 2.16 bits per heavy atom. The predicted molar refractivity (Wildman–Crippen MR) is 119 cm³/mol. The third kappa shape index (κ3) is 5.13. The highest BCUT2D eigenvalue weighted by molar-refractivity contribution is 7.88. The number of nitrogens with zero attached hydrogens (tertiary/aromatic N) is 4. The lowest BCUT2D eigenvalue weighted by atomic mass is 10.0. The van der Waals surface area contributed by atoms with Gasteiger partial charge in [0.05, 0.1) is 13.4 Å². The van der Waals surface area contributed by atoms with E-state index in [1.54, 1.807) is 11.6 Å². The van der Waals surface area contributed by atoms with E-state index in [1.807, 2.05) is 36.5 Å². The van der Waals surface area contributed by atoms with Crippen LogP contribution in [-0.2, 0) is 16.6 Å². The van der Waals surface area contributed by atoms with Crippen molar-refractivity contribution in [2.75, 3.05) is 31.8 Å². The van der Waals surface area contributed by atoms with E-state index in [1.165, 1.54) is 6.33 Å². The lowest BCUT2D eigenvalue weighted by Crippen LogP contribution is -2.57. The van der Waals surface area contributed by atoms with Gasteiger partial charge in [0.1, 0.15) is 17.6 Å². The second-order valence-electron chi connectivity index (χ2n) is 7.78. The van der Waals surface area contributed by atoms with Crippen LogP contribution in [0.4, 0.5) is 11.5 Å². The first-order valence-corrected chi connectivity index (χ1v) is 11.9. The van der Waals surface area contributed by atoms with Crippen LogP contribution in [0.1, 0.15) is 12.0 Å². The summed E-state index contributed by atoms with van der Waals surface area (Å²) in [6.45, 7) is 1.95. The molecular weight excluding hydrogens is 418 g/mol. The Morgan fingerprint density at radius 1 is 1.32 bits per heavy atom. The number of anilines is 2. The number of hydrogen-bond acceptors (Lipinski definition) is 8. The zero-order valence-corrected chi connectivity index (χ0v) is 18.3. The summed E-state index contributed by atoms with van der Waals surface area (Å²) in [7, 11) is -1.70. The van der Waals surface area contributed by atoms with Gasteiger partial charge in [0.2, 0.25) is 10.0 Å². The topological polar surface area (TPSA) is 127 Å². The summed E-state index contributed by atoms with van der Waals surface area (Å²) < 4.78 is 33.1. The molecule has 166 valence electrons. The molecule has 1 aliphatic rings. The Hall–Kier alpha value is -2.73. The minimum Gasteiger partial charge on any atom is -0.497 e. The normalized spacial score (nSPS) is 20.1. The predicted octanol–water partition coefficient (Wildman–Crippen LogP) is 0.932. The smallest absolute Gasteiger partial charge is 0.209 e. The van der Waals surface area contributed by atoms with Crippen molar-refractivity contribution in [3.63, 3.8) is 0 Å². The molecule has 0 saturated carbocycles. The molecule has 10 nitrogen and oxygen atoms in total. The third-order valence-corrected chi connectivity index (χ3v) is 6.11. The maximum atomic E-state index is 11.7. The van der Waals surface area contributed by atoms with Crippen LogP contribution in [-0.4, -0.2) is 66.5 Å². The average molecular weight is 446 g/mol. The molecule has 0 amide bonds. The molecule has 1 saturated heterocycles. The van der Waals surface area contributed by atoms with Gasteiger partial charge in [-0.15, -0.1) is 0 Å². The van der Waals surface area contributed by atoms with E-state index in [-0.39, 0.29) is 12.1 Å². The molecular formula is C20H27N7O3S. The second-order valence-corrected chi connectivity index (χ2v) is 9.56. The maximum Gasteiger partial charge on any atom is 0.209 e. The summed E-state index contributed by atoms with van der Waals surface area (Å²) in [6, 6.07) is 9.12. The highest BCUT2D eigenvalue weighted by Gasteiger charge is 2.29. The van der Waals surface area contributed by atoms with Gasteiger partial charge in [-0.05, 0) is 30.2 Å². The van der Waals surface area contributed by atoms with Crippen LogP contribution in [0.25, 0.3) is 5.52 Å². The van der Waals surface area contributed by atoms with Crippen molar-refractivity contribution in [3.8, 4) is 5.75 Å². The molecule has 4 rings (SSSR count). The highest BCUT2D eigenvalue weighted by atomic mass is 32.2. The molecule has 1 fully saturated rings. The van der Waals surface area contributed by atoms with Crippen molar-refractivity contribution in [1.29, 1.82) is 0 Å². The molecule has 1 aliphatic heterocycles. The fraction of sp³-hybridized carbons (Fsp3) is 0.400. The van der Waals surface area contributed by atoms with Crippen LogP contribution >= 0.6 is 0 Å². The molecule has 2 aromatic heterocycles. The first-order valence-electron chi connectivity index (χ1n) is 10.00. The van der Waals surface area contributed by atoms with E-state index in [4.69, 9.17) is 10.5 Å². The number of rotatable bonds is 7. The highest BCUT2D eigenvalue weighted by Crippen LogP contribution is 2.26. The van der Waals surface area contributed by atoms with Gasteiger partial charge in [0.25, 0.3) is 0 Å². The number of hydrogen-bond donors (Lipinski definition) is 3. The molecule has 3 aromatic rings. The van der Waals surface area contributed by atoms with Crippen LogP contribution in [0.3, 0.4) is 0 Å². The van der Waals surface area contributed by atoms with Crippen molar-refractivity contribution in [2.24, 2.45) is 5.73 Å². The molecule has 0 radical (unpaired) electrons. The number of methoxy groups -OCH3 is 1. The molecule has 0 spiro atoms. The van der Waals surface area contributed by atoms with E-state index in [2.05, 4.69) is 25.0 Å². The zero-order valence-electron chi connectivity index (χ0n) is 17.5. The van der Waals surface area contributed by atoms with Gasteiger partial charge >= 0.3 is 0 Å². The zero-order chi connectivity index (χ0) is 22.0. The Kier molecular flexibility index (Phi) is 6.10. The van der Waals surface area contributed by atoms with Gasteiger partial charge in [0, 0.05) is 49.7 Å². The summed E-state index contributed by atoms with van der Waals surface area (Å²) in [6.07, 6.45) is 5.27. The summed E-state index contributed by atoms with van der Waals surface area (Å²) >= 11 is 0. The number of nitrogens with two attached hydrogens (primary N) is 1. The van der Waals surface area contributed by atoms with Gasteiger partial charge < -0.3 is 15.8 Å². The quantitative estimate of drug-likeness (QED) is 0.490. The summed E-state index contributed by atoms with van der Waals surface area (Å²) in [5.41, 5.74) is 8.91. The Morgan fingerprint density at radius 3 is 2.94 bits per heavy atom. The largest absolute Gasteiger partial charge is 0.497 e. The first kappa shape index (κ1) is 21.5. The molecule has 0 unspecified atom stereocenters. The minimum absolute atomic E-state index is 0.203. The van der Waals surface area contributed by atoms with Gasteiger partial charge in [0.15, 0.2) is 5.82 Å². The molecule has 0 bridgehead atoms. The molecule has 4 N–H and O–H groups in total. The number of benzene rings is 1. The van der Waals surface area contributed by atoms with Crippen LogP contribution in [0.2, 0.25) is 0 Å². The number of sulfonamides is 1. The number of ether oxygens (including phenoxy) is 1. The van der Waals surface area contributed by atoms with Crippen molar-refractivity contribution in [3.05, 3.63) is 48.4 Å². The summed E-state index contributed by atoms with van der Waals surface area (Å²) in [5, 5.41) is 7.67. The fourth-order valence-electron chi connectivity index (χ4n) is 3.90. The lowest BCUT2D eigenvalue weighted by molar-refractivity contribution is 0.178. The van der Waals surface area contributed by atoms with Crippen LogP contribution in [0, 0.1) is 0 Å². The van der Waals surface area contributed by atoms with E-state index in [0.29, 0.717) is 25.3 Å². The third-order valence-electron chi connectivity index (χ3n) is 5.38. The van der Waals surface area contributed by atoms with Gasteiger partial charge in [-0.1, -0.05) is 6.07 Å².